The van der Waals surface area contributed by atoms with Gasteiger partial charge in [0.1, 0.15) is 5.69 Å². The summed E-state index contributed by atoms with van der Waals surface area (Å²) in [7, 11) is 1.57. The van der Waals surface area contributed by atoms with Crippen molar-refractivity contribution < 1.29 is 9.53 Å². The van der Waals surface area contributed by atoms with E-state index in [9.17, 15) is 4.79 Å². The molecule has 0 amide bonds. The third-order valence-electron chi connectivity index (χ3n) is 2.64. The maximum atomic E-state index is 12.0. The molecular formula is C13H15N3O2S2. The Labute approximate surface area is 125 Å². The van der Waals surface area contributed by atoms with Crippen LogP contribution in [0.2, 0.25) is 0 Å². The van der Waals surface area contributed by atoms with Crippen LogP contribution in [0.3, 0.4) is 0 Å². The minimum atomic E-state index is 0.0395. The van der Waals surface area contributed by atoms with Crippen molar-refractivity contribution in [1.29, 1.82) is 0 Å². The lowest BCUT2D eigenvalue weighted by Gasteiger charge is -2.05. The van der Waals surface area contributed by atoms with E-state index in [1.54, 1.807) is 18.6 Å². The van der Waals surface area contributed by atoms with Crippen LogP contribution in [0.25, 0.3) is 0 Å². The van der Waals surface area contributed by atoms with Crippen LogP contribution >= 0.6 is 23.1 Å². The molecule has 2 heterocycles. The van der Waals surface area contributed by atoms with Gasteiger partial charge in [0.05, 0.1) is 12.1 Å². The largest absolute Gasteiger partial charge is 0.481 e. The lowest BCUT2D eigenvalue weighted by atomic mass is 10.1. The summed E-state index contributed by atoms with van der Waals surface area (Å²) in [5.41, 5.74) is 1.35. The standard InChI is InChI=1S/C13H15N3O2S2/c1-8-14-10(7-20-8)11(17)5-4-9-6-12(18-2)16-13(15-9)19-3/h6-7H,4-5H2,1-3H3. The van der Waals surface area contributed by atoms with Crippen molar-refractivity contribution in [3.05, 3.63) is 27.8 Å². The first-order chi connectivity index (χ1) is 9.62. The zero-order chi connectivity index (χ0) is 14.5. The van der Waals surface area contributed by atoms with Crippen LogP contribution in [-0.2, 0) is 6.42 Å². The predicted octanol–water partition coefficient (Wildman–Crippen LogP) is 2.79. The Morgan fingerprint density at radius 2 is 2.20 bits per heavy atom. The van der Waals surface area contributed by atoms with Gasteiger partial charge in [-0.2, -0.15) is 4.98 Å². The SMILES string of the molecule is COc1cc(CCC(=O)c2csc(C)n2)nc(SC)n1. The van der Waals surface area contributed by atoms with Gasteiger partial charge in [0.2, 0.25) is 5.88 Å². The Bertz CT molecular complexity index is 591. The van der Waals surface area contributed by atoms with E-state index in [-0.39, 0.29) is 5.78 Å². The van der Waals surface area contributed by atoms with Crippen molar-refractivity contribution in [1.82, 2.24) is 15.0 Å². The van der Waals surface area contributed by atoms with Gasteiger partial charge in [-0.05, 0) is 19.6 Å². The smallest absolute Gasteiger partial charge is 0.217 e. The van der Waals surface area contributed by atoms with Crippen molar-refractivity contribution in [2.75, 3.05) is 13.4 Å². The van der Waals surface area contributed by atoms with Crippen LogP contribution in [-0.4, -0.2) is 34.1 Å². The summed E-state index contributed by atoms with van der Waals surface area (Å²) in [6.07, 6.45) is 2.85. The Morgan fingerprint density at radius 1 is 1.40 bits per heavy atom. The summed E-state index contributed by atoms with van der Waals surface area (Å²) in [5, 5.41) is 3.35. The summed E-state index contributed by atoms with van der Waals surface area (Å²) in [4.78, 5) is 24.8. The Morgan fingerprint density at radius 3 is 2.80 bits per heavy atom. The van der Waals surface area contributed by atoms with E-state index in [1.807, 2.05) is 13.2 Å². The molecule has 0 unspecified atom stereocenters. The zero-order valence-electron chi connectivity index (χ0n) is 11.5. The minimum absolute atomic E-state index is 0.0395. The van der Waals surface area contributed by atoms with E-state index in [4.69, 9.17) is 4.74 Å². The zero-order valence-corrected chi connectivity index (χ0v) is 13.2. The van der Waals surface area contributed by atoms with Crippen LogP contribution in [0.15, 0.2) is 16.6 Å². The molecule has 0 bridgehead atoms. The molecule has 2 aromatic heterocycles. The molecule has 0 aliphatic carbocycles. The van der Waals surface area contributed by atoms with E-state index in [0.29, 0.717) is 29.6 Å². The fraction of sp³-hybridized carbons (Fsp3) is 0.385. The molecular weight excluding hydrogens is 294 g/mol. The number of ketones is 1. The summed E-state index contributed by atoms with van der Waals surface area (Å²) >= 11 is 2.93. The van der Waals surface area contributed by atoms with Gasteiger partial charge >= 0.3 is 0 Å². The van der Waals surface area contributed by atoms with E-state index < -0.39 is 0 Å². The van der Waals surface area contributed by atoms with E-state index in [2.05, 4.69) is 15.0 Å². The van der Waals surface area contributed by atoms with Gasteiger partial charge in [-0.1, -0.05) is 11.8 Å². The van der Waals surface area contributed by atoms with Crippen LogP contribution in [0.1, 0.15) is 27.6 Å². The molecule has 0 spiro atoms. The van der Waals surface area contributed by atoms with Gasteiger partial charge in [-0.3, -0.25) is 4.79 Å². The van der Waals surface area contributed by atoms with Crippen molar-refractivity contribution in [3.8, 4) is 5.88 Å². The number of hydrogen-bond acceptors (Lipinski definition) is 7. The molecule has 0 radical (unpaired) electrons. The molecule has 0 saturated heterocycles. The van der Waals surface area contributed by atoms with Gasteiger partial charge in [-0.25, -0.2) is 9.97 Å². The predicted molar refractivity (Wildman–Crippen MR) is 79.9 cm³/mol. The average molecular weight is 309 g/mol. The van der Waals surface area contributed by atoms with Gasteiger partial charge in [0, 0.05) is 23.6 Å². The summed E-state index contributed by atoms with van der Waals surface area (Å²) < 4.78 is 5.13. The van der Waals surface area contributed by atoms with Crippen molar-refractivity contribution in [2.24, 2.45) is 0 Å². The van der Waals surface area contributed by atoms with Crippen molar-refractivity contribution >= 4 is 28.9 Å². The number of aryl methyl sites for hydroxylation is 2. The average Bonchev–Trinajstić information content (AvgIpc) is 2.91. The van der Waals surface area contributed by atoms with Crippen molar-refractivity contribution in [2.45, 2.75) is 24.9 Å². The number of ether oxygens (including phenoxy) is 1. The monoisotopic (exact) mass is 309 g/mol. The highest BCUT2D eigenvalue weighted by molar-refractivity contribution is 7.98. The highest BCUT2D eigenvalue weighted by Gasteiger charge is 2.11. The molecule has 0 aliphatic rings. The molecule has 0 fully saturated rings. The molecule has 5 nitrogen and oxygen atoms in total. The summed E-state index contributed by atoms with van der Waals surface area (Å²) in [6, 6.07) is 1.76. The lowest BCUT2D eigenvalue weighted by Crippen LogP contribution is -2.04. The Kier molecular flexibility index (Phi) is 5.08. The van der Waals surface area contributed by atoms with Gasteiger partial charge in [-0.15, -0.1) is 11.3 Å². The number of Topliss-reactive ketones (excluding diaryl/α,β-unsaturated/α-hetero) is 1. The highest BCUT2D eigenvalue weighted by atomic mass is 32.2. The summed E-state index contributed by atoms with van der Waals surface area (Å²) in [6.45, 7) is 1.89. The third-order valence-corrected chi connectivity index (χ3v) is 3.96. The second-order valence-electron chi connectivity index (χ2n) is 4.06. The first kappa shape index (κ1) is 14.9. The van der Waals surface area contributed by atoms with E-state index in [0.717, 1.165) is 10.7 Å². The maximum absolute atomic E-state index is 12.0. The highest BCUT2D eigenvalue weighted by Crippen LogP contribution is 2.17. The van der Waals surface area contributed by atoms with Crippen LogP contribution < -0.4 is 4.74 Å². The quantitative estimate of drug-likeness (QED) is 0.464. The molecule has 0 aromatic carbocycles. The maximum Gasteiger partial charge on any atom is 0.217 e. The first-order valence-electron chi connectivity index (χ1n) is 6.03. The normalized spacial score (nSPS) is 10.6. The third kappa shape index (κ3) is 3.77. The van der Waals surface area contributed by atoms with E-state index >= 15 is 0 Å². The molecule has 7 heteroatoms. The van der Waals surface area contributed by atoms with Gasteiger partial charge in [0.15, 0.2) is 10.9 Å². The number of methoxy groups -OCH3 is 1. The molecule has 106 valence electrons. The summed E-state index contributed by atoms with van der Waals surface area (Å²) in [5.74, 6) is 0.564. The second kappa shape index (κ2) is 6.81. The van der Waals surface area contributed by atoms with Gasteiger partial charge < -0.3 is 4.74 Å². The topological polar surface area (TPSA) is 65.0 Å². The molecule has 20 heavy (non-hydrogen) atoms. The number of thioether (sulfide) groups is 1. The molecule has 0 aliphatic heterocycles. The molecule has 0 atom stereocenters. The van der Waals surface area contributed by atoms with Crippen LogP contribution in [0.5, 0.6) is 5.88 Å². The number of thiazole rings is 1. The van der Waals surface area contributed by atoms with E-state index in [1.165, 1.54) is 23.1 Å². The fourth-order valence-corrected chi connectivity index (χ4v) is 2.64. The molecule has 2 rings (SSSR count). The van der Waals surface area contributed by atoms with Gasteiger partial charge in [0.25, 0.3) is 0 Å². The number of aromatic nitrogens is 3. The molecule has 2 aromatic rings. The van der Waals surface area contributed by atoms with Crippen LogP contribution in [0, 0.1) is 6.92 Å². The number of nitrogens with zero attached hydrogens (tertiary/aromatic N) is 3. The number of carbonyl (C=O) groups excluding carboxylic acids is 1. The Balaban J connectivity index is 2.05. The number of carbonyl (C=O) groups is 1. The fourth-order valence-electron chi connectivity index (χ4n) is 1.63. The number of rotatable bonds is 6. The van der Waals surface area contributed by atoms with Crippen molar-refractivity contribution in [3.63, 3.8) is 0 Å². The van der Waals surface area contributed by atoms with Crippen LogP contribution in [0.4, 0.5) is 0 Å². The second-order valence-corrected chi connectivity index (χ2v) is 5.90. The minimum Gasteiger partial charge on any atom is -0.481 e. The number of hydrogen-bond donors (Lipinski definition) is 0. The molecule has 0 N–H and O–H groups in total. The first-order valence-corrected chi connectivity index (χ1v) is 8.14. The lowest BCUT2D eigenvalue weighted by molar-refractivity contribution is 0.0978. The Hall–Kier alpha value is -1.47. The molecule has 0 saturated carbocycles.